The maximum Gasteiger partial charge on any atom is 0.407 e. The lowest BCUT2D eigenvalue weighted by atomic mass is 10.1. The minimum absolute atomic E-state index is 0.336. The van der Waals surface area contributed by atoms with E-state index >= 15 is 0 Å². The lowest BCUT2D eigenvalue weighted by Gasteiger charge is -2.20. The van der Waals surface area contributed by atoms with E-state index in [1.807, 2.05) is 20.8 Å². The van der Waals surface area contributed by atoms with Crippen molar-refractivity contribution in [2.75, 3.05) is 39.8 Å². The Morgan fingerprint density at radius 1 is 1.32 bits per heavy atom. The second-order valence-corrected chi connectivity index (χ2v) is 6.72. The van der Waals surface area contributed by atoms with Crippen molar-refractivity contribution in [3.05, 3.63) is 0 Å². The molecule has 1 saturated heterocycles. The highest BCUT2D eigenvalue weighted by Crippen LogP contribution is 2.18. The van der Waals surface area contributed by atoms with Gasteiger partial charge in [0.05, 0.1) is 0 Å². The van der Waals surface area contributed by atoms with Crippen molar-refractivity contribution in [3.8, 4) is 0 Å². The van der Waals surface area contributed by atoms with Crippen molar-refractivity contribution < 1.29 is 9.53 Å². The Kier molecular flexibility index (Phi) is 7.44. The molecule has 1 aliphatic rings. The third kappa shape index (κ3) is 8.07. The van der Waals surface area contributed by atoms with Gasteiger partial charge in [-0.2, -0.15) is 0 Å². The number of ether oxygens (including phenoxy) is 1. The smallest absolute Gasteiger partial charge is 0.407 e. The Labute approximate surface area is 133 Å². The SMILES string of the molecule is CNC(=N)NCCN1CCC(CCNC(=O)OC(C)(C)C)C1. The van der Waals surface area contributed by atoms with Crippen LogP contribution in [0.1, 0.15) is 33.6 Å². The van der Waals surface area contributed by atoms with E-state index in [1.165, 1.54) is 6.42 Å². The highest BCUT2D eigenvalue weighted by Gasteiger charge is 2.22. The maximum absolute atomic E-state index is 11.6. The topological polar surface area (TPSA) is 89.5 Å². The molecular weight excluding hydrogens is 282 g/mol. The molecule has 1 rings (SSSR count). The molecule has 1 atom stereocenters. The van der Waals surface area contributed by atoms with Gasteiger partial charge in [-0.1, -0.05) is 0 Å². The fourth-order valence-corrected chi connectivity index (χ4v) is 2.47. The molecule has 1 heterocycles. The fraction of sp³-hybridized carbons (Fsp3) is 0.867. The molecule has 4 N–H and O–H groups in total. The summed E-state index contributed by atoms with van der Waals surface area (Å²) in [6, 6.07) is 0. The molecule has 0 spiro atoms. The number of guanidine groups is 1. The van der Waals surface area contributed by atoms with E-state index in [4.69, 9.17) is 10.1 Å². The average Bonchev–Trinajstić information content (AvgIpc) is 2.84. The molecule has 128 valence electrons. The van der Waals surface area contributed by atoms with E-state index in [2.05, 4.69) is 20.9 Å². The number of nitrogens with zero attached hydrogens (tertiary/aromatic N) is 1. The zero-order chi connectivity index (χ0) is 16.6. The first kappa shape index (κ1) is 18.5. The number of carbonyl (C=O) groups is 1. The van der Waals surface area contributed by atoms with Crippen molar-refractivity contribution in [1.82, 2.24) is 20.9 Å². The Bertz CT molecular complexity index is 367. The van der Waals surface area contributed by atoms with Gasteiger partial charge in [-0.05, 0) is 46.1 Å². The Morgan fingerprint density at radius 3 is 2.68 bits per heavy atom. The molecule has 0 aromatic rings. The van der Waals surface area contributed by atoms with Gasteiger partial charge in [0.1, 0.15) is 5.60 Å². The molecule has 1 fully saturated rings. The molecule has 1 amide bonds. The maximum atomic E-state index is 11.6. The van der Waals surface area contributed by atoms with Gasteiger partial charge in [-0.3, -0.25) is 5.41 Å². The quantitative estimate of drug-likeness (QED) is 0.433. The van der Waals surface area contributed by atoms with Gasteiger partial charge in [-0.15, -0.1) is 0 Å². The van der Waals surface area contributed by atoms with E-state index in [9.17, 15) is 4.79 Å². The van der Waals surface area contributed by atoms with Crippen LogP contribution in [0.15, 0.2) is 0 Å². The van der Waals surface area contributed by atoms with Crippen LogP contribution in [0.3, 0.4) is 0 Å². The van der Waals surface area contributed by atoms with Crippen molar-refractivity contribution in [2.24, 2.45) is 5.92 Å². The third-order valence-corrected chi connectivity index (χ3v) is 3.57. The van der Waals surface area contributed by atoms with Crippen LogP contribution in [0.25, 0.3) is 0 Å². The lowest BCUT2D eigenvalue weighted by molar-refractivity contribution is 0.0525. The Hall–Kier alpha value is -1.50. The van der Waals surface area contributed by atoms with Crippen LogP contribution in [0.5, 0.6) is 0 Å². The monoisotopic (exact) mass is 313 g/mol. The zero-order valence-electron chi connectivity index (χ0n) is 14.3. The third-order valence-electron chi connectivity index (χ3n) is 3.57. The van der Waals surface area contributed by atoms with Crippen LogP contribution < -0.4 is 16.0 Å². The van der Waals surface area contributed by atoms with Crippen LogP contribution >= 0.6 is 0 Å². The largest absolute Gasteiger partial charge is 0.444 e. The van der Waals surface area contributed by atoms with Crippen molar-refractivity contribution in [1.29, 1.82) is 5.41 Å². The molecule has 0 bridgehead atoms. The highest BCUT2D eigenvalue weighted by atomic mass is 16.6. The van der Waals surface area contributed by atoms with Crippen LogP contribution in [-0.4, -0.2) is 62.3 Å². The highest BCUT2D eigenvalue weighted by molar-refractivity contribution is 5.75. The molecule has 0 radical (unpaired) electrons. The summed E-state index contributed by atoms with van der Waals surface area (Å²) in [5, 5.41) is 16.0. The molecule has 22 heavy (non-hydrogen) atoms. The molecule has 7 nitrogen and oxygen atoms in total. The molecule has 0 aromatic carbocycles. The summed E-state index contributed by atoms with van der Waals surface area (Å²) in [7, 11) is 1.74. The number of likely N-dealkylation sites (tertiary alicyclic amines) is 1. The molecule has 1 aliphatic heterocycles. The number of carbonyl (C=O) groups excluding carboxylic acids is 1. The fourth-order valence-electron chi connectivity index (χ4n) is 2.47. The van der Waals surface area contributed by atoms with Crippen LogP contribution in [0.4, 0.5) is 4.79 Å². The first-order valence-corrected chi connectivity index (χ1v) is 7.99. The minimum Gasteiger partial charge on any atom is -0.444 e. The predicted octanol–water partition coefficient (Wildman–Crippen LogP) is 0.967. The first-order chi connectivity index (χ1) is 10.3. The minimum atomic E-state index is -0.442. The Balaban J connectivity index is 2.09. The van der Waals surface area contributed by atoms with Crippen LogP contribution in [-0.2, 0) is 4.74 Å². The summed E-state index contributed by atoms with van der Waals surface area (Å²) in [5.74, 6) is 0.982. The molecule has 1 unspecified atom stereocenters. The molecule has 0 aromatic heterocycles. The lowest BCUT2D eigenvalue weighted by Crippen LogP contribution is -2.39. The van der Waals surface area contributed by atoms with E-state index in [0.29, 0.717) is 18.4 Å². The van der Waals surface area contributed by atoms with Crippen LogP contribution in [0, 0.1) is 11.3 Å². The van der Waals surface area contributed by atoms with Crippen molar-refractivity contribution >= 4 is 12.1 Å². The van der Waals surface area contributed by atoms with Gasteiger partial charge in [0.2, 0.25) is 0 Å². The first-order valence-electron chi connectivity index (χ1n) is 7.99. The summed E-state index contributed by atoms with van der Waals surface area (Å²) in [5.41, 5.74) is -0.442. The van der Waals surface area contributed by atoms with E-state index in [-0.39, 0.29) is 6.09 Å². The van der Waals surface area contributed by atoms with Gasteiger partial charge in [-0.25, -0.2) is 4.79 Å². The number of hydrogen-bond donors (Lipinski definition) is 4. The van der Waals surface area contributed by atoms with Gasteiger partial charge in [0, 0.05) is 33.2 Å². The van der Waals surface area contributed by atoms with E-state index in [0.717, 1.165) is 32.6 Å². The second-order valence-electron chi connectivity index (χ2n) is 6.72. The summed E-state index contributed by atoms with van der Waals surface area (Å²) in [6.45, 7) is 10.1. The van der Waals surface area contributed by atoms with Gasteiger partial charge < -0.3 is 25.6 Å². The van der Waals surface area contributed by atoms with Crippen molar-refractivity contribution in [3.63, 3.8) is 0 Å². The average molecular weight is 313 g/mol. The van der Waals surface area contributed by atoms with Crippen LogP contribution in [0.2, 0.25) is 0 Å². The number of nitrogens with one attached hydrogen (secondary N) is 4. The van der Waals surface area contributed by atoms with E-state index < -0.39 is 5.60 Å². The molecular formula is C15H31N5O2. The summed E-state index contributed by atoms with van der Waals surface area (Å²) < 4.78 is 5.21. The Morgan fingerprint density at radius 2 is 2.05 bits per heavy atom. The zero-order valence-corrected chi connectivity index (χ0v) is 14.3. The normalized spacial score (nSPS) is 18.8. The summed E-state index contributed by atoms with van der Waals surface area (Å²) in [6.07, 6.45) is 1.81. The number of amides is 1. The molecule has 0 saturated carbocycles. The van der Waals surface area contributed by atoms with Gasteiger partial charge in [0.15, 0.2) is 5.96 Å². The summed E-state index contributed by atoms with van der Waals surface area (Å²) in [4.78, 5) is 13.9. The van der Waals surface area contributed by atoms with Gasteiger partial charge >= 0.3 is 6.09 Å². The molecule has 0 aliphatic carbocycles. The number of rotatable bonds is 6. The predicted molar refractivity (Wildman–Crippen MR) is 88.2 cm³/mol. The van der Waals surface area contributed by atoms with E-state index in [1.54, 1.807) is 7.05 Å². The van der Waals surface area contributed by atoms with Crippen molar-refractivity contribution in [2.45, 2.75) is 39.2 Å². The number of hydrogen-bond acceptors (Lipinski definition) is 4. The molecule has 7 heteroatoms. The number of alkyl carbamates (subject to hydrolysis) is 1. The summed E-state index contributed by atoms with van der Waals surface area (Å²) >= 11 is 0. The second kappa shape index (κ2) is 8.82. The van der Waals surface area contributed by atoms with Gasteiger partial charge in [0.25, 0.3) is 0 Å². The standard InChI is InChI=1S/C15H31N5O2/c1-15(2,3)22-14(21)19-7-5-12-6-9-20(11-12)10-8-18-13(16)17-4/h12H,5-11H2,1-4H3,(H,19,21)(H3,16,17,18).